The zero-order valence-corrected chi connectivity index (χ0v) is 18.5. The van der Waals surface area contributed by atoms with Crippen LogP contribution in [0.1, 0.15) is 48.9 Å². The van der Waals surface area contributed by atoms with Crippen molar-refractivity contribution in [2.45, 2.75) is 50.2 Å². The number of allylic oxidation sites excluding steroid dienone is 1. The molecule has 0 amide bonds. The molecule has 4 fully saturated rings. The van der Waals surface area contributed by atoms with Crippen molar-refractivity contribution in [3.05, 3.63) is 49.1 Å². The molecule has 2 aromatic heterocycles. The summed E-state index contributed by atoms with van der Waals surface area (Å²) in [6.45, 7) is 4.17. The standard InChI is InChI=1S/C25H28N6O2/c1-2-21(32)19-14-29-22(31-23-15-27-5-6-28-23)10-20(19)30-24-17-8-16-9-18(24)13-25(11-16,12-17)33-7-3-4-26/h2,5-6,10,14-18,24H,1,3,7-9,11-13H2,(H2,28,29,30,31)/t16?,17-,18+,24-,25-. The predicted molar refractivity (Wildman–Crippen MR) is 124 cm³/mol. The molecular weight excluding hydrogens is 416 g/mol. The molecule has 4 aliphatic rings. The zero-order valence-electron chi connectivity index (χ0n) is 18.5. The number of nitrogens with zero attached hydrogens (tertiary/aromatic N) is 4. The Balaban J connectivity index is 1.38. The third-order valence-electron chi connectivity index (χ3n) is 7.34. The molecule has 8 heteroatoms. The van der Waals surface area contributed by atoms with Gasteiger partial charge in [-0.05, 0) is 55.9 Å². The van der Waals surface area contributed by atoms with Gasteiger partial charge in [0.25, 0.3) is 0 Å². The fourth-order valence-electron chi connectivity index (χ4n) is 6.30. The molecule has 0 spiro atoms. The molecule has 4 saturated carbocycles. The lowest BCUT2D eigenvalue weighted by Gasteiger charge is -2.59. The summed E-state index contributed by atoms with van der Waals surface area (Å²) in [6.07, 6.45) is 13.7. The summed E-state index contributed by atoms with van der Waals surface area (Å²) >= 11 is 0. The van der Waals surface area contributed by atoms with Crippen molar-refractivity contribution in [2.24, 2.45) is 17.8 Å². The van der Waals surface area contributed by atoms with Crippen molar-refractivity contribution >= 4 is 23.1 Å². The maximum Gasteiger partial charge on any atom is 0.188 e. The van der Waals surface area contributed by atoms with Crippen LogP contribution in [0.4, 0.5) is 17.3 Å². The van der Waals surface area contributed by atoms with E-state index in [9.17, 15) is 4.79 Å². The molecule has 0 radical (unpaired) electrons. The first-order chi connectivity index (χ1) is 16.1. The Kier molecular flexibility index (Phi) is 5.81. The Bertz CT molecular complexity index is 1070. The quantitative estimate of drug-likeness (QED) is 0.335. The number of hydrogen-bond acceptors (Lipinski definition) is 8. The number of ketones is 1. The number of nitrogens with one attached hydrogen (secondary N) is 2. The Hall–Kier alpha value is -3.31. The van der Waals surface area contributed by atoms with Crippen LogP contribution in [0.2, 0.25) is 0 Å². The fourth-order valence-corrected chi connectivity index (χ4v) is 6.30. The predicted octanol–water partition coefficient (Wildman–Crippen LogP) is 4.27. The van der Waals surface area contributed by atoms with Gasteiger partial charge in [0.15, 0.2) is 5.78 Å². The number of anilines is 3. The minimum Gasteiger partial charge on any atom is -0.381 e. The largest absolute Gasteiger partial charge is 0.381 e. The van der Waals surface area contributed by atoms with Crippen molar-refractivity contribution in [2.75, 3.05) is 17.2 Å². The lowest BCUT2D eigenvalue weighted by atomic mass is 9.52. The van der Waals surface area contributed by atoms with Gasteiger partial charge < -0.3 is 15.4 Å². The lowest BCUT2D eigenvalue weighted by Crippen LogP contribution is -2.60. The molecule has 1 unspecified atom stereocenters. The number of nitriles is 1. The highest BCUT2D eigenvalue weighted by Gasteiger charge is 2.56. The highest BCUT2D eigenvalue weighted by molar-refractivity contribution is 6.08. The smallest absolute Gasteiger partial charge is 0.188 e. The molecule has 170 valence electrons. The molecule has 4 bridgehead atoms. The van der Waals surface area contributed by atoms with Gasteiger partial charge in [0.2, 0.25) is 0 Å². The average molecular weight is 445 g/mol. The Labute approximate surface area is 193 Å². The SMILES string of the molecule is C=CC(=O)c1cnc(Nc2cnccn2)cc1N[C@@H]1[C@@H]2CC3C[C@H]1C[C@@](OCCC#N)(C3)C2. The summed E-state index contributed by atoms with van der Waals surface area (Å²) < 4.78 is 6.30. The van der Waals surface area contributed by atoms with Crippen LogP contribution < -0.4 is 10.6 Å². The van der Waals surface area contributed by atoms with Gasteiger partial charge in [-0.3, -0.25) is 9.78 Å². The zero-order chi connectivity index (χ0) is 22.8. The number of carbonyl (C=O) groups excluding carboxylic acids is 1. The van der Waals surface area contributed by atoms with Crippen molar-refractivity contribution < 1.29 is 9.53 Å². The fraction of sp³-hybridized carbons (Fsp3) is 0.480. The summed E-state index contributed by atoms with van der Waals surface area (Å²) in [5.74, 6) is 2.67. The second kappa shape index (κ2) is 8.91. The molecular formula is C25H28N6O2. The summed E-state index contributed by atoms with van der Waals surface area (Å²) in [7, 11) is 0. The van der Waals surface area contributed by atoms with Crippen molar-refractivity contribution in [3.8, 4) is 6.07 Å². The molecule has 0 aromatic carbocycles. The van der Waals surface area contributed by atoms with Crippen LogP contribution in [0.5, 0.6) is 0 Å². The number of hydrogen-bond donors (Lipinski definition) is 2. The summed E-state index contributed by atoms with van der Waals surface area (Å²) in [5.41, 5.74) is 1.20. The highest BCUT2D eigenvalue weighted by Crippen LogP contribution is 2.57. The van der Waals surface area contributed by atoms with Crippen molar-refractivity contribution in [1.29, 1.82) is 5.26 Å². The highest BCUT2D eigenvalue weighted by atomic mass is 16.5. The van der Waals surface area contributed by atoms with E-state index in [2.05, 4.69) is 38.2 Å². The molecule has 0 saturated heterocycles. The lowest BCUT2D eigenvalue weighted by molar-refractivity contribution is -0.165. The number of rotatable bonds is 9. The first-order valence-electron chi connectivity index (χ1n) is 11.6. The van der Waals surface area contributed by atoms with E-state index in [4.69, 9.17) is 10.00 Å². The van der Waals surface area contributed by atoms with E-state index in [1.165, 1.54) is 18.9 Å². The molecule has 6 rings (SSSR count). The molecule has 2 aromatic rings. The van der Waals surface area contributed by atoms with Crippen LogP contribution in [0.25, 0.3) is 0 Å². The number of ether oxygens (including phenoxy) is 1. The third kappa shape index (κ3) is 4.33. The minimum absolute atomic E-state index is 0.0811. The summed E-state index contributed by atoms with van der Waals surface area (Å²) in [4.78, 5) is 25.3. The topological polar surface area (TPSA) is 113 Å². The van der Waals surface area contributed by atoms with Crippen LogP contribution in [-0.2, 0) is 4.74 Å². The molecule has 5 atom stereocenters. The van der Waals surface area contributed by atoms with E-state index in [1.54, 1.807) is 24.8 Å². The Morgan fingerprint density at radius 2 is 2.03 bits per heavy atom. The first kappa shape index (κ1) is 21.5. The van der Waals surface area contributed by atoms with Gasteiger partial charge >= 0.3 is 0 Å². The van der Waals surface area contributed by atoms with E-state index in [0.29, 0.717) is 48.0 Å². The van der Waals surface area contributed by atoms with Crippen molar-refractivity contribution in [3.63, 3.8) is 0 Å². The van der Waals surface area contributed by atoms with Crippen LogP contribution in [-0.4, -0.2) is 39.0 Å². The van der Waals surface area contributed by atoms with Crippen LogP contribution in [0, 0.1) is 29.1 Å². The van der Waals surface area contributed by atoms with E-state index in [1.807, 2.05) is 6.07 Å². The third-order valence-corrected chi connectivity index (χ3v) is 7.34. The van der Waals surface area contributed by atoms with Gasteiger partial charge in [-0.25, -0.2) is 9.97 Å². The molecule has 4 aliphatic carbocycles. The molecule has 2 N–H and O–H groups in total. The first-order valence-corrected chi connectivity index (χ1v) is 11.6. The maximum atomic E-state index is 12.6. The summed E-state index contributed by atoms with van der Waals surface area (Å²) in [6, 6.07) is 4.34. The molecule has 33 heavy (non-hydrogen) atoms. The van der Waals surface area contributed by atoms with Crippen molar-refractivity contribution in [1.82, 2.24) is 15.0 Å². The number of carbonyl (C=O) groups is 1. The average Bonchev–Trinajstić information content (AvgIpc) is 2.81. The second-order valence-electron chi connectivity index (χ2n) is 9.48. The Morgan fingerprint density at radius 1 is 1.21 bits per heavy atom. The van der Waals surface area contributed by atoms with Crippen LogP contribution in [0.3, 0.4) is 0 Å². The number of aromatic nitrogens is 3. The van der Waals surface area contributed by atoms with Gasteiger partial charge in [-0.2, -0.15) is 5.26 Å². The Morgan fingerprint density at radius 3 is 2.73 bits per heavy atom. The second-order valence-corrected chi connectivity index (χ2v) is 9.48. The van der Waals surface area contributed by atoms with Gasteiger partial charge in [-0.1, -0.05) is 6.58 Å². The van der Waals surface area contributed by atoms with Gasteiger partial charge in [0.05, 0.1) is 42.1 Å². The van der Waals surface area contributed by atoms with E-state index in [0.717, 1.165) is 24.9 Å². The molecule has 8 nitrogen and oxygen atoms in total. The van der Waals surface area contributed by atoms with Gasteiger partial charge in [-0.15, -0.1) is 0 Å². The van der Waals surface area contributed by atoms with Crippen LogP contribution in [0.15, 0.2) is 43.5 Å². The van der Waals surface area contributed by atoms with Gasteiger partial charge in [0.1, 0.15) is 11.6 Å². The number of pyridine rings is 1. The van der Waals surface area contributed by atoms with E-state index >= 15 is 0 Å². The van der Waals surface area contributed by atoms with E-state index < -0.39 is 0 Å². The van der Waals surface area contributed by atoms with Gasteiger partial charge in [0, 0.05) is 30.7 Å². The monoisotopic (exact) mass is 444 g/mol. The normalized spacial score (nSPS) is 29.3. The minimum atomic E-state index is -0.156. The summed E-state index contributed by atoms with van der Waals surface area (Å²) in [5, 5.41) is 15.8. The molecule has 2 heterocycles. The maximum absolute atomic E-state index is 12.6. The van der Waals surface area contributed by atoms with Crippen LogP contribution >= 0.6 is 0 Å². The molecule has 0 aliphatic heterocycles. The van der Waals surface area contributed by atoms with E-state index in [-0.39, 0.29) is 17.4 Å².